The van der Waals surface area contributed by atoms with Gasteiger partial charge in [0.05, 0.1) is 5.39 Å². The fourth-order valence-corrected chi connectivity index (χ4v) is 3.42. The molecule has 23 heavy (non-hydrogen) atoms. The lowest BCUT2D eigenvalue weighted by molar-refractivity contribution is -0.614. The molecule has 0 N–H and O–H groups in total. The minimum Gasteiger partial charge on any atom is -0.196 e. The molecule has 0 atom stereocenters. The van der Waals surface area contributed by atoms with E-state index in [0.29, 0.717) is 0 Å². The molecule has 2 heterocycles. The molecule has 0 amide bonds. The number of aromatic nitrogens is 2. The van der Waals surface area contributed by atoms with Crippen LogP contribution in [0.15, 0.2) is 83.8 Å². The van der Waals surface area contributed by atoms with Crippen LogP contribution >= 0.6 is 0 Å². The molecule has 0 saturated heterocycles. The van der Waals surface area contributed by atoms with Crippen molar-refractivity contribution in [3.8, 4) is 5.69 Å². The number of rotatable bonds is 1. The van der Waals surface area contributed by atoms with Gasteiger partial charge in [0, 0.05) is 10.8 Å². The Labute approximate surface area is 132 Å². The van der Waals surface area contributed by atoms with E-state index in [-0.39, 0.29) is 5.69 Å². The second kappa shape index (κ2) is 4.40. The number of hydrogen-bond acceptors (Lipinski definition) is 1. The lowest BCUT2D eigenvalue weighted by atomic mass is 10.1. The van der Waals surface area contributed by atoms with Crippen LogP contribution in [-0.2, 0) is 0 Å². The molecule has 0 aliphatic heterocycles. The molecule has 0 spiro atoms. The van der Waals surface area contributed by atoms with Crippen LogP contribution in [0.25, 0.3) is 32.9 Å². The first-order valence-corrected chi connectivity index (χ1v) is 7.60. The molecule has 3 nitrogen and oxygen atoms in total. The van der Waals surface area contributed by atoms with Gasteiger partial charge in [-0.2, -0.15) is 13.8 Å². The summed E-state index contributed by atoms with van der Waals surface area (Å²) in [5, 5.41) is 3.29. The zero-order valence-electron chi connectivity index (χ0n) is 12.3. The van der Waals surface area contributed by atoms with Crippen molar-refractivity contribution in [3.05, 3.63) is 89.5 Å². The van der Waals surface area contributed by atoms with Gasteiger partial charge in [0.15, 0.2) is 5.52 Å². The highest BCUT2D eigenvalue weighted by atomic mass is 16.1. The first-order chi connectivity index (χ1) is 11.3. The highest BCUT2D eigenvalue weighted by Crippen LogP contribution is 2.29. The third-order valence-electron chi connectivity index (χ3n) is 4.43. The van der Waals surface area contributed by atoms with Gasteiger partial charge >= 0.3 is 5.69 Å². The molecule has 3 heteroatoms. The molecular formula is C20H13N2O+. The van der Waals surface area contributed by atoms with Gasteiger partial charge in [0.2, 0.25) is 0 Å². The van der Waals surface area contributed by atoms with Crippen molar-refractivity contribution in [2.24, 2.45) is 0 Å². The quantitative estimate of drug-likeness (QED) is 0.436. The third-order valence-corrected chi connectivity index (χ3v) is 4.43. The standard InChI is InChI=1S/C20H13N2O/c23-20-21(15-8-2-1-3-9-15)13-14-7-6-11-17-16-10-4-5-12-18(16)22(20)19(14)17/h1-13H/q+1. The summed E-state index contributed by atoms with van der Waals surface area (Å²) in [5.41, 5.74) is 2.78. The van der Waals surface area contributed by atoms with E-state index in [4.69, 9.17) is 0 Å². The van der Waals surface area contributed by atoms with Crippen molar-refractivity contribution in [3.63, 3.8) is 0 Å². The molecule has 3 aromatic carbocycles. The Morgan fingerprint density at radius 2 is 1.48 bits per heavy atom. The Morgan fingerprint density at radius 3 is 2.35 bits per heavy atom. The van der Waals surface area contributed by atoms with Gasteiger partial charge in [-0.1, -0.05) is 36.4 Å². The fourth-order valence-electron chi connectivity index (χ4n) is 3.42. The zero-order valence-corrected chi connectivity index (χ0v) is 12.3. The van der Waals surface area contributed by atoms with E-state index in [0.717, 1.165) is 32.9 Å². The van der Waals surface area contributed by atoms with Crippen LogP contribution < -0.4 is 10.3 Å². The summed E-state index contributed by atoms with van der Waals surface area (Å²) in [6.45, 7) is 0. The van der Waals surface area contributed by atoms with E-state index in [1.165, 1.54) is 0 Å². The molecule has 0 aliphatic carbocycles. The largest absolute Gasteiger partial charge is 0.508 e. The molecule has 0 aliphatic rings. The van der Waals surface area contributed by atoms with Crippen molar-refractivity contribution in [2.75, 3.05) is 0 Å². The summed E-state index contributed by atoms with van der Waals surface area (Å²) in [6.07, 6.45) is 1.93. The molecule has 2 aromatic heterocycles. The molecule has 0 fully saturated rings. The number of hydrogen-bond donors (Lipinski definition) is 0. The predicted molar refractivity (Wildman–Crippen MR) is 91.4 cm³/mol. The lowest BCUT2D eigenvalue weighted by Crippen LogP contribution is -2.50. The minimum atomic E-state index is -0.0406. The Bertz CT molecular complexity index is 1220. The fraction of sp³-hybridized carbons (Fsp3) is 0. The zero-order chi connectivity index (χ0) is 15.4. The minimum absolute atomic E-state index is 0.0406. The predicted octanol–water partition coefficient (Wildman–Crippen LogP) is 3.32. The highest BCUT2D eigenvalue weighted by molar-refractivity contribution is 6.13. The second-order valence-electron chi connectivity index (χ2n) is 5.71. The first kappa shape index (κ1) is 12.4. The first-order valence-electron chi connectivity index (χ1n) is 7.60. The molecule has 0 saturated carbocycles. The van der Waals surface area contributed by atoms with Crippen molar-refractivity contribution in [2.45, 2.75) is 0 Å². The van der Waals surface area contributed by atoms with Crippen LogP contribution in [0.5, 0.6) is 0 Å². The Balaban J connectivity index is 2.08. The van der Waals surface area contributed by atoms with E-state index >= 15 is 0 Å². The van der Waals surface area contributed by atoms with E-state index < -0.39 is 0 Å². The van der Waals surface area contributed by atoms with Gasteiger partial charge in [-0.05, 0) is 36.4 Å². The van der Waals surface area contributed by atoms with Crippen LogP contribution in [-0.4, -0.2) is 4.40 Å². The van der Waals surface area contributed by atoms with Gasteiger partial charge < -0.3 is 0 Å². The maximum Gasteiger partial charge on any atom is 0.508 e. The molecule has 108 valence electrons. The van der Waals surface area contributed by atoms with Crippen LogP contribution in [0, 0.1) is 0 Å². The van der Waals surface area contributed by atoms with Crippen molar-refractivity contribution in [1.29, 1.82) is 0 Å². The van der Waals surface area contributed by atoms with Crippen LogP contribution in [0.2, 0.25) is 0 Å². The molecular weight excluding hydrogens is 284 g/mol. The van der Waals surface area contributed by atoms with Crippen molar-refractivity contribution >= 4 is 27.2 Å². The van der Waals surface area contributed by atoms with E-state index in [1.54, 1.807) is 4.57 Å². The summed E-state index contributed by atoms with van der Waals surface area (Å²) >= 11 is 0. The maximum atomic E-state index is 13.1. The van der Waals surface area contributed by atoms with Gasteiger partial charge in [-0.25, -0.2) is 0 Å². The SMILES string of the molecule is O=c1n2c3ccccc3c3cccc(c[n+]1-c1ccccc1)c32. The van der Waals surface area contributed by atoms with Crippen LogP contribution in [0.1, 0.15) is 0 Å². The van der Waals surface area contributed by atoms with E-state index in [1.807, 2.05) is 65.2 Å². The highest BCUT2D eigenvalue weighted by Gasteiger charge is 2.22. The number of benzene rings is 3. The Kier molecular flexibility index (Phi) is 2.36. The average Bonchev–Trinajstić information content (AvgIpc) is 2.95. The van der Waals surface area contributed by atoms with Gasteiger partial charge in [0.1, 0.15) is 17.4 Å². The Hall–Kier alpha value is -3.20. The number of nitrogens with zero attached hydrogens (tertiary/aromatic N) is 2. The second-order valence-corrected chi connectivity index (χ2v) is 5.71. The topological polar surface area (TPSA) is 25.4 Å². The van der Waals surface area contributed by atoms with Gasteiger partial charge in [-0.3, -0.25) is 0 Å². The van der Waals surface area contributed by atoms with E-state index in [9.17, 15) is 4.79 Å². The Morgan fingerprint density at radius 1 is 0.739 bits per heavy atom. The summed E-state index contributed by atoms with van der Waals surface area (Å²) in [5.74, 6) is 0. The smallest absolute Gasteiger partial charge is 0.196 e. The van der Waals surface area contributed by atoms with Gasteiger partial charge in [-0.15, -0.1) is 0 Å². The van der Waals surface area contributed by atoms with Crippen molar-refractivity contribution in [1.82, 2.24) is 4.40 Å². The van der Waals surface area contributed by atoms with E-state index in [2.05, 4.69) is 18.2 Å². The molecule has 0 radical (unpaired) electrons. The molecule has 5 rings (SSSR count). The summed E-state index contributed by atoms with van der Waals surface area (Å²) in [4.78, 5) is 13.1. The molecule has 0 unspecified atom stereocenters. The summed E-state index contributed by atoms with van der Waals surface area (Å²) < 4.78 is 3.54. The third kappa shape index (κ3) is 1.59. The van der Waals surface area contributed by atoms with Crippen LogP contribution in [0.3, 0.4) is 0 Å². The average molecular weight is 297 g/mol. The lowest BCUT2D eigenvalue weighted by Gasteiger charge is -2.01. The number of para-hydroxylation sites is 3. The summed E-state index contributed by atoms with van der Waals surface area (Å²) in [7, 11) is 0. The number of fused-ring (bicyclic) bond motifs is 3. The summed E-state index contributed by atoms with van der Waals surface area (Å²) in [6, 6.07) is 24.0. The monoisotopic (exact) mass is 297 g/mol. The van der Waals surface area contributed by atoms with Crippen molar-refractivity contribution < 1.29 is 4.57 Å². The maximum absolute atomic E-state index is 13.1. The normalized spacial score (nSPS) is 11.7. The molecule has 5 aromatic rings. The molecule has 0 bridgehead atoms. The van der Waals surface area contributed by atoms with Crippen LogP contribution in [0.4, 0.5) is 0 Å². The van der Waals surface area contributed by atoms with Gasteiger partial charge in [0.25, 0.3) is 0 Å².